The number of amides is 1. The van der Waals surface area contributed by atoms with Gasteiger partial charge < -0.3 is 4.74 Å². The third kappa shape index (κ3) is 4.40. The molecule has 2 aromatic heterocycles. The molecule has 0 atom stereocenters. The number of hydrogen-bond acceptors (Lipinski definition) is 7. The molecule has 0 radical (unpaired) electrons. The van der Waals surface area contributed by atoms with Gasteiger partial charge in [0.05, 0.1) is 28.9 Å². The zero-order valence-corrected chi connectivity index (χ0v) is 18.3. The van der Waals surface area contributed by atoms with Crippen LogP contribution in [0.4, 0.5) is 5.13 Å². The molecule has 31 heavy (non-hydrogen) atoms. The Morgan fingerprint density at radius 3 is 2.87 bits per heavy atom. The Balaban J connectivity index is 1.42. The lowest BCUT2D eigenvalue weighted by molar-refractivity contribution is -0.119. The van der Waals surface area contributed by atoms with Crippen molar-refractivity contribution in [2.24, 2.45) is 0 Å². The summed E-state index contributed by atoms with van der Waals surface area (Å²) in [6.45, 7) is 4.57. The number of hydrogen-bond donors (Lipinski definition) is 0. The summed E-state index contributed by atoms with van der Waals surface area (Å²) >= 11 is 7.62. The third-order valence-corrected chi connectivity index (χ3v) is 6.60. The van der Waals surface area contributed by atoms with Gasteiger partial charge in [-0.25, -0.2) is 9.67 Å². The van der Waals surface area contributed by atoms with Crippen LogP contribution >= 0.6 is 22.9 Å². The zero-order valence-electron chi connectivity index (χ0n) is 16.8. The first-order chi connectivity index (χ1) is 15.2. The Kier molecular flexibility index (Phi) is 5.82. The Labute approximate surface area is 188 Å². The SMILES string of the molecule is O=C(Cn1nnc2ccccc21)N(CCN1CCOCC1)c1nc2ccc(Cl)cc2s1. The summed E-state index contributed by atoms with van der Waals surface area (Å²) in [6, 6.07) is 13.2. The van der Waals surface area contributed by atoms with Crippen molar-refractivity contribution in [3.05, 3.63) is 47.5 Å². The number of carbonyl (C=O) groups is 1. The predicted molar refractivity (Wildman–Crippen MR) is 122 cm³/mol. The zero-order chi connectivity index (χ0) is 21.2. The number of fused-ring (bicyclic) bond motifs is 2. The molecule has 0 saturated carbocycles. The summed E-state index contributed by atoms with van der Waals surface area (Å²) in [5, 5.41) is 9.66. The largest absolute Gasteiger partial charge is 0.379 e. The Morgan fingerprint density at radius 1 is 1.16 bits per heavy atom. The van der Waals surface area contributed by atoms with Crippen LogP contribution in [0.3, 0.4) is 0 Å². The second-order valence-electron chi connectivity index (χ2n) is 7.34. The molecule has 5 rings (SSSR count). The van der Waals surface area contributed by atoms with Gasteiger partial charge in [0.2, 0.25) is 0 Å². The minimum atomic E-state index is -0.0749. The molecular weight excluding hydrogens is 436 g/mol. The van der Waals surface area contributed by atoms with E-state index < -0.39 is 0 Å². The molecule has 0 bridgehead atoms. The topological polar surface area (TPSA) is 76.4 Å². The number of ether oxygens (including phenoxy) is 1. The monoisotopic (exact) mass is 456 g/mol. The van der Waals surface area contributed by atoms with Crippen molar-refractivity contribution >= 4 is 55.2 Å². The molecule has 3 heterocycles. The fraction of sp³-hybridized carbons (Fsp3) is 0.333. The van der Waals surface area contributed by atoms with Crippen LogP contribution in [0, 0.1) is 0 Å². The normalized spacial score (nSPS) is 15.0. The minimum Gasteiger partial charge on any atom is -0.379 e. The molecule has 1 aliphatic heterocycles. The van der Waals surface area contributed by atoms with Gasteiger partial charge in [0.1, 0.15) is 12.1 Å². The molecule has 0 spiro atoms. The first-order valence-electron chi connectivity index (χ1n) is 10.1. The lowest BCUT2D eigenvalue weighted by atomic mass is 10.3. The minimum absolute atomic E-state index is 0.0749. The lowest BCUT2D eigenvalue weighted by Gasteiger charge is -2.29. The fourth-order valence-corrected chi connectivity index (χ4v) is 4.93. The van der Waals surface area contributed by atoms with Crippen molar-refractivity contribution in [3.63, 3.8) is 0 Å². The molecule has 1 fully saturated rings. The van der Waals surface area contributed by atoms with Crippen molar-refractivity contribution in [1.82, 2.24) is 24.9 Å². The van der Waals surface area contributed by atoms with E-state index in [9.17, 15) is 4.79 Å². The lowest BCUT2D eigenvalue weighted by Crippen LogP contribution is -2.44. The number of rotatable bonds is 6. The Morgan fingerprint density at radius 2 is 2.00 bits per heavy atom. The van der Waals surface area contributed by atoms with Crippen LogP contribution in [0.15, 0.2) is 42.5 Å². The van der Waals surface area contributed by atoms with Gasteiger partial charge in [0.25, 0.3) is 5.91 Å². The average molecular weight is 457 g/mol. The third-order valence-electron chi connectivity index (χ3n) is 5.32. The second kappa shape index (κ2) is 8.88. The standard InChI is InChI=1S/C21H21ClN6O2S/c22-15-5-6-17-19(13-15)31-21(23-17)27(8-7-26-9-11-30-12-10-26)20(29)14-28-18-4-2-1-3-16(18)24-25-28/h1-6,13H,7-12,14H2. The van der Waals surface area contributed by atoms with E-state index in [4.69, 9.17) is 21.3 Å². The number of morpholine rings is 1. The van der Waals surface area contributed by atoms with Gasteiger partial charge in [-0.2, -0.15) is 0 Å². The molecule has 0 aliphatic carbocycles. The Hall–Kier alpha value is -2.59. The van der Waals surface area contributed by atoms with E-state index in [1.54, 1.807) is 9.58 Å². The second-order valence-corrected chi connectivity index (χ2v) is 8.79. The van der Waals surface area contributed by atoms with Gasteiger partial charge in [0, 0.05) is 31.2 Å². The van der Waals surface area contributed by atoms with Crippen LogP contribution in [0.1, 0.15) is 0 Å². The van der Waals surface area contributed by atoms with E-state index in [-0.39, 0.29) is 12.5 Å². The highest BCUT2D eigenvalue weighted by molar-refractivity contribution is 7.22. The molecule has 0 N–H and O–H groups in total. The van der Waals surface area contributed by atoms with Gasteiger partial charge >= 0.3 is 0 Å². The summed E-state index contributed by atoms with van der Waals surface area (Å²) in [5.74, 6) is -0.0749. The van der Waals surface area contributed by atoms with Crippen molar-refractivity contribution in [2.45, 2.75) is 6.54 Å². The van der Waals surface area contributed by atoms with E-state index in [1.807, 2.05) is 42.5 Å². The maximum atomic E-state index is 13.4. The average Bonchev–Trinajstić information content (AvgIpc) is 3.38. The van der Waals surface area contributed by atoms with Crippen molar-refractivity contribution < 1.29 is 9.53 Å². The first kappa shape index (κ1) is 20.3. The molecule has 2 aromatic carbocycles. The van der Waals surface area contributed by atoms with Crippen molar-refractivity contribution in [2.75, 3.05) is 44.3 Å². The van der Waals surface area contributed by atoms with Crippen LogP contribution in [0.2, 0.25) is 5.02 Å². The summed E-state index contributed by atoms with van der Waals surface area (Å²) in [5.41, 5.74) is 2.43. The van der Waals surface area contributed by atoms with Crippen LogP contribution in [-0.2, 0) is 16.1 Å². The number of nitrogens with zero attached hydrogens (tertiary/aromatic N) is 6. The van der Waals surface area contributed by atoms with E-state index in [0.717, 1.165) is 54.1 Å². The van der Waals surface area contributed by atoms with Crippen LogP contribution in [0.5, 0.6) is 0 Å². The van der Waals surface area contributed by atoms with Gasteiger partial charge in [0.15, 0.2) is 5.13 Å². The van der Waals surface area contributed by atoms with E-state index >= 15 is 0 Å². The molecule has 10 heteroatoms. The number of halogens is 1. The molecule has 0 unspecified atom stereocenters. The van der Waals surface area contributed by atoms with Crippen molar-refractivity contribution in [1.29, 1.82) is 0 Å². The molecule has 1 aliphatic rings. The predicted octanol–water partition coefficient (Wildman–Crippen LogP) is 3.06. The highest BCUT2D eigenvalue weighted by Gasteiger charge is 2.23. The maximum Gasteiger partial charge on any atom is 0.250 e. The van der Waals surface area contributed by atoms with Gasteiger partial charge in [-0.05, 0) is 30.3 Å². The number of anilines is 1. The number of aromatic nitrogens is 4. The number of carbonyl (C=O) groups excluding carboxylic acids is 1. The van der Waals surface area contributed by atoms with Gasteiger partial charge in [-0.15, -0.1) is 5.10 Å². The highest BCUT2D eigenvalue weighted by Crippen LogP contribution is 2.31. The number of thiazole rings is 1. The van der Waals surface area contributed by atoms with E-state index in [0.29, 0.717) is 16.7 Å². The Bertz CT molecular complexity index is 1220. The molecule has 8 nitrogen and oxygen atoms in total. The maximum absolute atomic E-state index is 13.4. The number of benzene rings is 2. The number of para-hydroxylation sites is 1. The fourth-order valence-electron chi connectivity index (χ4n) is 3.64. The van der Waals surface area contributed by atoms with Crippen molar-refractivity contribution in [3.8, 4) is 0 Å². The van der Waals surface area contributed by atoms with Gasteiger partial charge in [-0.1, -0.05) is 40.3 Å². The molecule has 160 valence electrons. The summed E-state index contributed by atoms with van der Waals surface area (Å²) in [4.78, 5) is 22.2. The summed E-state index contributed by atoms with van der Waals surface area (Å²) in [6.07, 6.45) is 0. The van der Waals surface area contributed by atoms with E-state index in [2.05, 4.69) is 15.2 Å². The quantitative estimate of drug-likeness (QED) is 0.444. The first-order valence-corrected chi connectivity index (χ1v) is 11.3. The van der Waals surface area contributed by atoms with Crippen LogP contribution < -0.4 is 4.90 Å². The van der Waals surface area contributed by atoms with Crippen LogP contribution in [-0.4, -0.2) is 70.2 Å². The smallest absolute Gasteiger partial charge is 0.250 e. The van der Waals surface area contributed by atoms with Gasteiger partial charge in [-0.3, -0.25) is 14.6 Å². The molecule has 1 amide bonds. The molecule has 4 aromatic rings. The van der Waals surface area contributed by atoms with E-state index in [1.165, 1.54) is 11.3 Å². The summed E-state index contributed by atoms with van der Waals surface area (Å²) in [7, 11) is 0. The molecule has 1 saturated heterocycles. The van der Waals surface area contributed by atoms with Crippen LogP contribution in [0.25, 0.3) is 21.3 Å². The summed E-state index contributed by atoms with van der Waals surface area (Å²) < 4.78 is 8.04. The molecular formula is C21H21ClN6O2S. The highest BCUT2D eigenvalue weighted by atomic mass is 35.5.